The van der Waals surface area contributed by atoms with Crippen molar-refractivity contribution in [1.29, 1.82) is 0 Å². The van der Waals surface area contributed by atoms with E-state index in [2.05, 4.69) is 57.7 Å². The second-order valence-corrected chi connectivity index (χ2v) is 17.2. The lowest BCUT2D eigenvalue weighted by Crippen LogP contribution is -2.11. The second-order valence-electron chi connectivity index (χ2n) is 17.2. The van der Waals surface area contributed by atoms with Crippen molar-refractivity contribution in [3.8, 4) is 67.5 Å². The van der Waals surface area contributed by atoms with Crippen LogP contribution in [0.5, 0.6) is 0 Å². The predicted molar refractivity (Wildman–Crippen MR) is 268 cm³/mol. The SMILES string of the molecule is FC(F)(F)c1cc(-c2ccc3c(c2)c2ccccc2n3-c2ccc(-c3cc(-c4ccccc4)nc(-c4ccccc4)n3)cc2-c2ccccc2-n2c3ccccc3c3ccccc32)cc(C(F)(F)F)c1. The molecule has 0 aliphatic carbocycles. The molecule has 0 unspecified atom stereocenters. The van der Waals surface area contributed by atoms with Crippen LogP contribution < -0.4 is 0 Å². The number of hydrogen-bond acceptors (Lipinski definition) is 2. The van der Waals surface area contributed by atoms with Crippen LogP contribution in [0.4, 0.5) is 26.3 Å². The number of para-hydroxylation sites is 4. The van der Waals surface area contributed by atoms with Gasteiger partial charge in [0.15, 0.2) is 5.82 Å². The maximum absolute atomic E-state index is 14.1. The van der Waals surface area contributed by atoms with Crippen molar-refractivity contribution in [1.82, 2.24) is 19.1 Å². The van der Waals surface area contributed by atoms with Crippen LogP contribution in [-0.2, 0) is 12.4 Å². The highest BCUT2D eigenvalue weighted by molar-refractivity contribution is 6.12. The predicted octanol–water partition coefficient (Wildman–Crippen LogP) is 17.0. The summed E-state index contributed by atoms with van der Waals surface area (Å²) in [5, 5.41) is 3.63. The monoisotopic (exact) mass is 926 g/mol. The topological polar surface area (TPSA) is 35.6 Å². The number of hydrogen-bond donors (Lipinski definition) is 0. The summed E-state index contributed by atoms with van der Waals surface area (Å²) in [7, 11) is 0. The zero-order valence-electron chi connectivity index (χ0n) is 36.8. The van der Waals surface area contributed by atoms with Gasteiger partial charge in [-0.1, -0.05) is 146 Å². The molecule has 0 bridgehead atoms. The van der Waals surface area contributed by atoms with Crippen LogP contribution in [0.25, 0.3) is 111 Å². The third-order valence-corrected chi connectivity index (χ3v) is 13.0. The summed E-state index contributed by atoms with van der Waals surface area (Å²) in [5.74, 6) is 0.564. The first kappa shape index (κ1) is 42.6. The number of alkyl halides is 6. The maximum atomic E-state index is 14.1. The molecule has 0 aliphatic rings. The van der Waals surface area contributed by atoms with Crippen LogP contribution >= 0.6 is 0 Å². The minimum Gasteiger partial charge on any atom is -0.309 e. The number of halogens is 6. The van der Waals surface area contributed by atoms with Gasteiger partial charge in [0, 0.05) is 49.4 Å². The molecule has 0 aliphatic heterocycles. The number of rotatable bonds is 7. The average Bonchev–Trinajstić information content (AvgIpc) is 3.91. The van der Waals surface area contributed by atoms with Crippen LogP contribution in [0.15, 0.2) is 218 Å². The average molecular weight is 927 g/mol. The van der Waals surface area contributed by atoms with Crippen molar-refractivity contribution < 1.29 is 26.3 Å². The van der Waals surface area contributed by atoms with Crippen LogP contribution in [0.3, 0.4) is 0 Å². The van der Waals surface area contributed by atoms with E-state index >= 15 is 0 Å². The Morgan fingerprint density at radius 3 is 1.34 bits per heavy atom. The summed E-state index contributed by atoms with van der Waals surface area (Å²) in [6.07, 6.45) is -9.99. The summed E-state index contributed by atoms with van der Waals surface area (Å²) in [4.78, 5) is 10.2. The fraction of sp³-hybridized carbons (Fsp3) is 0.0333. The largest absolute Gasteiger partial charge is 0.416 e. The van der Waals surface area contributed by atoms with Gasteiger partial charge in [0.25, 0.3) is 0 Å². The molecule has 70 heavy (non-hydrogen) atoms. The Kier molecular flexibility index (Phi) is 10.0. The molecule has 0 N–H and O–H groups in total. The minimum atomic E-state index is -4.99. The number of aromatic nitrogens is 4. The van der Waals surface area contributed by atoms with Gasteiger partial charge in [0.1, 0.15) is 0 Å². The van der Waals surface area contributed by atoms with Crippen molar-refractivity contribution >= 4 is 43.6 Å². The highest BCUT2D eigenvalue weighted by atomic mass is 19.4. The number of benzene rings is 9. The molecule has 0 atom stereocenters. The van der Waals surface area contributed by atoms with Gasteiger partial charge in [0.05, 0.1) is 56.0 Å². The van der Waals surface area contributed by atoms with Crippen LogP contribution in [0, 0.1) is 0 Å². The first-order chi connectivity index (χ1) is 34.0. The van der Waals surface area contributed by atoms with Gasteiger partial charge in [-0.2, -0.15) is 26.3 Å². The van der Waals surface area contributed by atoms with E-state index in [-0.39, 0.29) is 17.2 Å². The molecule has 3 aromatic heterocycles. The van der Waals surface area contributed by atoms with E-state index < -0.39 is 23.5 Å². The van der Waals surface area contributed by atoms with Gasteiger partial charge >= 0.3 is 12.4 Å². The van der Waals surface area contributed by atoms with Crippen molar-refractivity contribution in [3.63, 3.8) is 0 Å². The van der Waals surface area contributed by atoms with Gasteiger partial charge in [-0.3, -0.25) is 0 Å². The smallest absolute Gasteiger partial charge is 0.309 e. The molecule has 10 heteroatoms. The lowest BCUT2D eigenvalue weighted by atomic mass is 9.96. The Morgan fingerprint density at radius 1 is 0.300 bits per heavy atom. The van der Waals surface area contributed by atoms with Crippen molar-refractivity contribution in [2.24, 2.45) is 0 Å². The molecule has 338 valence electrons. The van der Waals surface area contributed by atoms with Crippen LogP contribution in [0.2, 0.25) is 0 Å². The molecule has 12 rings (SSSR count). The lowest BCUT2D eigenvalue weighted by molar-refractivity contribution is -0.143. The molecular formula is C60H36F6N4. The molecule has 12 aromatic rings. The van der Waals surface area contributed by atoms with E-state index in [1.165, 1.54) is 0 Å². The Labute approximate surface area is 397 Å². The summed E-state index contributed by atoms with van der Waals surface area (Å²) in [6.45, 7) is 0. The Bertz CT molecular complexity index is 3840. The standard InChI is InChI=1S/C60H36F6N4/c61-59(62,63)42-31-41(32-43(35-42)60(64,65)66)39-27-29-56-48(33-39)46-21-9-14-26-55(46)70(56)57-30-28-40(51-36-50(37-15-3-1-4-16-37)67-58(68-51)38-17-5-2-6-18-38)34-49(57)47-22-10-13-25-54(47)69-52-23-11-7-19-44(52)45-20-8-12-24-53(45)69/h1-36H. The van der Waals surface area contributed by atoms with Crippen molar-refractivity contribution in [2.45, 2.75) is 12.4 Å². The molecule has 9 aromatic carbocycles. The Hall–Kier alpha value is -8.76. The van der Waals surface area contributed by atoms with E-state index in [9.17, 15) is 26.3 Å². The fourth-order valence-electron chi connectivity index (χ4n) is 9.79. The summed E-state index contributed by atoms with van der Waals surface area (Å²) in [5.41, 5.74) is 8.33. The van der Waals surface area contributed by atoms with Crippen molar-refractivity contribution in [3.05, 3.63) is 230 Å². The highest BCUT2D eigenvalue weighted by Crippen LogP contribution is 2.44. The quantitative estimate of drug-likeness (QED) is 0.149. The maximum Gasteiger partial charge on any atom is 0.416 e. The minimum absolute atomic E-state index is 0.155. The lowest BCUT2D eigenvalue weighted by Gasteiger charge is -2.20. The first-order valence-electron chi connectivity index (χ1n) is 22.5. The van der Waals surface area contributed by atoms with Crippen LogP contribution in [0.1, 0.15) is 11.1 Å². The highest BCUT2D eigenvalue weighted by Gasteiger charge is 2.37. The van der Waals surface area contributed by atoms with E-state index in [0.717, 1.165) is 89.7 Å². The van der Waals surface area contributed by atoms with E-state index in [1.54, 1.807) is 18.2 Å². The van der Waals surface area contributed by atoms with E-state index in [4.69, 9.17) is 9.97 Å². The zero-order chi connectivity index (χ0) is 47.7. The normalized spacial score (nSPS) is 12.1. The van der Waals surface area contributed by atoms with Crippen LogP contribution in [-0.4, -0.2) is 19.1 Å². The Balaban J connectivity index is 1.13. The summed E-state index contributed by atoms with van der Waals surface area (Å²) in [6, 6.07) is 67.3. The molecule has 0 saturated heterocycles. The third-order valence-electron chi connectivity index (χ3n) is 13.0. The first-order valence-corrected chi connectivity index (χ1v) is 22.5. The fourth-order valence-corrected chi connectivity index (χ4v) is 9.79. The molecule has 0 fully saturated rings. The molecule has 3 heterocycles. The van der Waals surface area contributed by atoms with Crippen molar-refractivity contribution in [2.75, 3.05) is 0 Å². The molecule has 0 saturated carbocycles. The molecule has 0 amide bonds. The third kappa shape index (κ3) is 7.36. The van der Waals surface area contributed by atoms with Gasteiger partial charge < -0.3 is 9.13 Å². The summed E-state index contributed by atoms with van der Waals surface area (Å²) >= 11 is 0. The van der Waals surface area contributed by atoms with E-state index in [0.29, 0.717) is 22.4 Å². The summed E-state index contributed by atoms with van der Waals surface area (Å²) < 4.78 is 89.0. The molecule has 4 nitrogen and oxygen atoms in total. The zero-order valence-corrected chi connectivity index (χ0v) is 36.8. The van der Waals surface area contributed by atoms with E-state index in [1.807, 2.05) is 133 Å². The van der Waals surface area contributed by atoms with Gasteiger partial charge in [-0.05, 0) is 83.9 Å². The molecular weight excluding hydrogens is 891 g/mol. The second kappa shape index (κ2) is 16.5. The number of nitrogens with zero attached hydrogens (tertiary/aromatic N) is 4. The van der Waals surface area contributed by atoms with Gasteiger partial charge in [-0.15, -0.1) is 0 Å². The molecule has 0 radical (unpaired) electrons. The van der Waals surface area contributed by atoms with Gasteiger partial charge in [-0.25, -0.2) is 9.97 Å². The number of fused-ring (bicyclic) bond motifs is 6. The molecule has 0 spiro atoms. The van der Waals surface area contributed by atoms with Gasteiger partial charge in [0.2, 0.25) is 0 Å². The Morgan fingerprint density at radius 2 is 0.757 bits per heavy atom.